The van der Waals surface area contributed by atoms with Gasteiger partial charge in [0.25, 0.3) is 5.91 Å². The number of nitrogens with one attached hydrogen (secondary N) is 1. The van der Waals surface area contributed by atoms with E-state index in [1.54, 1.807) is 6.07 Å². The predicted octanol–water partition coefficient (Wildman–Crippen LogP) is 5.62. The number of furan rings is 1. The lowest BCUT2D eigenvalue weighted by molar-refractivity contribution is -0.123. The standard InChI is InChI=1S/C21H18Br2N2O3/c1-13-9-17(23)10-14(2)21(13)27-12-20(26)25-24-11-18-7-8-19(28-18)15-3-5-16(22)6-4-15/h3-11H,12H2,1-2H3,(H,25,26)/b24-11-. The highest BCUT2D eigenvalue weighted by Crippen LogP contribution is 2.27. The maximum Gasteiger partial charge on any atom is 0.277 e. The van der Waals surface area contributed by atoms with Gasteiger partial charge in [-0.05, 0) is 61.4 Å². The van der Waals surface area contributed by atoms with Gasteiger partial charge in [-0.25, -0.2) is 5.43 Å². The molecule has 0 aliphatic heterocycles. The fourth-order valence-electron chi connectivity index (χ4n) is 2.65. The summed E-state index contributed by atoms with van der Waals surface area (Å²) in [6, 6.07) is 15.3. The van der Waals surface area contributed by atoms with E-state index in [0.717, 1.165) is 31.4 Å². The number of ether oxygens (including phenoxy) is 1. The fourth-order valence-corrected chi connectivity index (χ4v) is 3.61. The second-order valence-corrected chi connectivity index (χ2v) is 7.99. The monoisotopic (exact) mass is 504 g/mol. The number of benzene rings is 2. The van der Waals surface area contributed by atoms with Gasteiger partial charge in [0.15, 0.2) is 6.61 Å². The second-order valence-electron chi connectivity index (χ2n) is 6.16. The Hall–Kier alpha value is -2.38. The minimum absolute atomic E-state index is 0.122. The van der Waals surface area contributed by atoms with Crippen LogP contribution in [0.15, 0.2) is 67.0 Å². The lowest BCUT2D eigenvalue weighted by Gasteiger charge is -2.11. The average molecular weight is 506 g/mol. The number of aryl methyl sites for hydroxylation is 2. The molecule has 0 saturated heterocycles. The van der Waals surface area contributed by atoms with Crippen molar-refractivity contribution < 1.29 is 13.9 Å². The van der Waals surface area contributed by atoms with Crippen molar-refractivity contribution in [3.05, 3.63) is 74.4 Å². The molecule has 3 aromatic rings. The molecular formula is C21H18Br2N2O3. The summed E-state index contributed by atoms with van der Waals surface area (Å²) in [5.74, 6) is 1.62. The molecule has 1 heterocycles. The zero-order valence-electron chi connectivity index (χ0n) is 15.3. The van der Waals surface area contributed by atoms with Crippen LogP contribution in [0.3, 0.4) is 0 Å². The quantitative estimate of drug-likeness (QED) is 0.349. The number of nitrogens with zero attached hydrogens (tertiary/aromatic N) is 1. The number of hydrogen-bond donors (Lipinski definition) is 1. The highest BCUT2D eigenvalue weighted by atomic mass is 79.9. The van der Waals surface area contributed by atoms with Crippen molar-refractivity contribution in [3.63, 3.8) is 0 Å². The van der Waals surface area contributed by atoms with Gasteiger partial charge in [-0.1, -0.05) is 44.0 Å². The number of halogens is 2. The van der Waals surface area contributed by atoms with Crippen LogP contribution < -0.4 is 10.2 Å². The molecule has 0 atom stereocenters. The minimum Gasteiger partial charge on any atom is -0.483 e. The summed E-state index contributed by atoms with van der Waals surface area (Å²) in [6.45, 7) is 3.75. The first kappa shape index (κ1) is 20.4. The summed E-state index contributed by atoms with van der Waals surface area (Å²) in [5, 5.41) is 3.92. The normalized spacial score (nSPS) is 11.0. The molecule has 0 bridgehead atoms. The van der Waals surface area contributed by atoms with Crippen LogP contribution in [0.1, 0.15) is 16.9 Å². The molecule has 3 rings (SSSR count). The van der Waals surface area contributed by atoms with Crippen molar-refractivity contribution >= 4 is 44.0 Å². The van der Waals surface area contributed by atoms with Gasteiger partial charge in [-0.2, -0.15) is 5.10 Å². The molecule has 0 radical (unpaired) electrons. The first-order valence-electron chi connectivity index (χ1n) is 8.49. The van der Waals surface area contributed by atoms with Gasteiger partial charge < -0.3 is 9.15 Å². The molecule has 0 spiro atoms. The van der Waals surface area contributed by atoms with Crippen LogP contribution in [0.2, 0.25) is 0 Å². The largest absolute Gasteiger partial charge is 0.483 e. The Morgan fingerprint density at radius 1 is 1.07 bits per heavy atom. The van der Waals surface area contributed by atoms with Crippen LogP contribution >= 0.6 is 31.9 Å². The van der Waals surface area contributed by atoms with Gasteiger partial charge in [0.1, 0.15) is 17.3 Å². The molecule has 1 aromatic heterocycles. The van der Waals surface area contributed by atoms with Crippen LogP contribution in [0.4, 0.5) is 0 Å². The lowest BCUT2D eigenvalue weighted by atomic mass is 10.1. The summed E-state index contributed by atoms with van der Waals surface area (Å²) in [5.41, 5.74) is 5.31. The highest BCUT2D eigenvalue weighted by molar-refractivity contribution is 9.10. The van der Waals surface area contributed by atoms with E-state index in [0.29, 0.717) is 11.5 Å². The van der Waals surface area contributed by atoms with E-state index in [1.807, 2.05) is 56.3 Å². The number of carbonyl (C=O) groups is 1. The Morgan fingerprint density at radius 2 is 1.75 bits per heavy atom. The zero-order valence-corrected chi connectivity index (χ0v) is 18.5. The Bertz CT molecular complexity index is 988. The molecule has 0 saturated carbocycles. The summed E-state index contributed by atoms with van der Waals surface area (Å²) in [6.07, 6.45) is 1.45. The second kappa shape index (κ2) is 9.21. The van der Waals surface area contributed by atoms with Crippen molar-refractivity contribution in [2.75, 3.05) is 6.61 Å². The Balaban J connectivity index is 1.54. The highest BCUT2D eigenvalue weighted by Gasteiger charge is 2.08. The first-order chi connectivity index (χ1) is 13.4. The van der Waals surface area contributed by atoms with Crippen molar-refractivity contribution in [3.8, 4) is 17.1 Å². The molecule has 0 fully saturated rings. The molecule has 144 valence electrons. The average Bonchev–Trinajstić information content (AvgIpc) is 3.10. The van der Waals surface area contributed by atoms with Crippen LogP contribution in [-0.4, -0.2) is 18.7 Å². The Labute approximate surface area is 180 Å². The van der Waals surface area contributed by atoms with Gasteiger partial charge in [-0.3, -0.25) is 4.79 Å². The summed E-state index contributed by atoms with van der Waals surface area (Å²) >= 11 is 6.84. The summed E-state index contributed by atoms with van der Waals surface area (Å²) in [7, 11) is 0. The van der Waals surface area contributed by atoms with Crippen LogP contribution in [0.5, 0.6) is 5.75 Å². The minimum atomic E-state index is -0.349. The molecule has 0 unspecified atom stereocenters. The topological polar surface area (TPSA) is 63.8 Å². The first-order valence-corrected chi connectivity index (χ1v) is 10.1. The third-order valence-electron chi connectivity index (χ3n) is 3.91. The van der Waals surface area contributed by atoms with Gasteiger partial charge in [-0.15, -0.1) is 0 Å². The fraction of sp³-hybridized carbons (Fsp3) is 0.143. The van der Waals surface area contributed by atoms with E-state index < -0.39 is 0 Å². The van der Waals surface area contributed by atoms with Crippen LogP contribution in [-0.2, 0) is 4.79 Å². The number of carbonyl (C=O) groups excluding carboxylic acids is 1. The van der Waals surface area contributed by atoms with Gasteiger partial charge >= 0.3 is 0 Å². The van der Waals surface area contributed by atoms with Crippen molar-refractivity contribution in [2.24, 2.45) is 5.10 Å². The maximum atomic E-state index is 12.0. The van der Waals surface area contributed by atoms with Crippen LogP contribution in [0, 0.1) is 13.8 Å². The van der Waals surface area contributed by atoms with Gasteiger partial charge in [0, 0.05) is 14.5 Å². The van der Waals surface area contributed by atoms with E-state index in [-0.39, 0.29) is 12.5 Å². The number of amides is 1. The molecule has 0 aliphatic carbocycles. The van der Waals surface area contributed by atoms with E-state index >= 15 is 0 Å². The maximum absolute atomic E-state index is 12.0. The molecule has 1 amide bonds. The predicted molar refractivity (Wildman–Crippen MR) is 117 cm³/mol. The van der Waals surface area contributed by atoms with Crippen molar-refractivity contribution in [1.29, 1.82) is 0 Å². The van der Waals surface area contributed by atoms with E-state index in [9.17, 15) is 4.79 Å². The van der Waals surface area contributed by atoms with Crippen LogP contribution in [0.25, 0.3) is 11.3 Å². The molecule has 28 heavy (non-hydrogen) atoms. The van der Waals surface area contributed by atoms with Gasteiger partial charge in [0.2, 0.25) is 0 Å². The smallest absolute Gasteiger partial charge is 0.277 e. The SMILES string of the molecule is Cc1cc(Br)cc(C)c1OCC(=O)N/N=C\c1ccc(-c2ccc(Br)cc2)o1. The lowest BCUT2D eigenvalue weighted by Crippen LogP contribution is -2.25. The molecule has 1 N–H and O–H groups in total. The number of hydrazone groups is 1. The summed E-state index contributed by atoms with van der Waals surface area (Å²) in [4.78, 5) is 12.0. The molecule has 0 aliphatic rings. The number of rotatable bonds is 6. The van der Waals surface area contributed by atoms with E-state index in [4.69, 9.17) is 9.15 Å². The van der Waals surface area contributed by atoms with E-state index in [1.165, 1.54) is 6.21 Å². The Morgan fingerprint density at radius 3 is 2.43 bits per heavy atom. The Kier molecular flexibility index (Phi) is 6.70. The van der Waals surface area contributed by atoms with Gasteiger partial charge in [0.05, 0.1) is 6.21 Å². The molecular weight excluding hydrogens is 488 g/mol. The number of hydrogen-bond acceptors (Lipinski definition) is 4. The molecule has 7 heteroatoms. The molecule has 2 aromatic carbocycles. The van der Waals surface area contributed by atoms with Crippen molar-refractivity contribution in [1.82, 2.24) is 5.43 Å². The molecule has 5 nitrogen and oxygen atoms in total. The summed E-state index contributed by atoms with van der Waals surface area (Å²) < 4.78 is 13.3. The third kappa shape index (κ3) is 5.33. The third-order valence-corrected chi connectivity index (χ3v) is 4.90. The zero-order chi connectivity index (χ0) is 20.1. The van der Waals surface area contributed by atoms with Crippen molar-refractivity contribution in [2.45, 2.75) is 13.8 Å². The van der Waals surface area contributed by atoms with E-state index in [2.05, 4.69) is 42.4 Å².